The fourth-order valence-corrected chi connectivity index (χ4v) is 4.14. The van der Waals surface area contributed by atoms with E-state index < -0.39 is 0 Å². The van der Waals surface area contributed by atoms with Gasteiger partial charge in [-0.3, -0.25) is 4.79 Å². The average molecular weight is 356 g/mol. The van der Waals surface area contributed by atoms with Crippen LogP contribution in [0.4, 0.5) is 5.69 Å². The molecular formula is C19H20N2O3S. The Hall–Kier alpha value is -2.18. The molecule has 1 unspecified atom stereocenters. The number of hydrogen-bond donors (Lipinski definition) is 2. The molecule has 130 valence electrons. The van der Waals surface area contributed by atoms with Gasteiger partial charge < -0.3 is 19.8 Å². The number of amides is 1. The normalized spacial score (nSPS) is 17.7. The van der Waals surface area contributed by atoms with E-state index in [1.165, 1.54) is 0 Å². The summed E-state index contributed by atoms with van der Waals surface area (Å²) in [7, 11) is 1.61. The second-order valence-corrected chi connectivity index (χ2v) is 7.27. The Bertz CT molecular complexity index is 916. The maximum Gasteiger partial charge on any atom is 0.226 e. The van der Waals surface area contributed by atoms with E-state index in [1.54, 1.807) is 7.11 Å². The Labute approximate surface area is 150 Å². The van der Waals surface area contributed by atoms with Crippen molar-refractivity contribution >= 4 is 45.3 Å². The monoisotopic (exact) mass is 356 g/mol. The molecule has 1 fully saturated rings. The lowest BCUT2D eigenvalue weighted by molar-refractivity contribution is -0.116. The summed E-state index contributed by atoms with van der Waals surface area (Å²) >= 11 is 1.88. The van der Waals surface area contributed by atoms with Gasteiger partial charge in [0.05, 0.1) is 12.8 Å². The third-order valence-electron chi connectivity index (χ3n) is 4.40. The van der Waals surface area contributed by atoms with Crippen molar-refractivity contribution < 1.29 is 13.9 Å². The van der Waals surface area contributed by atoms with Crippen LogP contribution in [0.2, 0.25) is 0 Å². The van der Waals surface area contributed by atoms with E-state index in [4.69, 9.17) is 9.15 Å². The quantitative estimate of drug-likeness (QED) is 0.747. The maximum absolute atomic E-state index is 12.4. The molecule has 2 aromatic carbocycles. The second kappa shape index (κ2) is 6.98. The number of furan rings is 1. The van der Waals surface area contributed by atoms with Gasteiger partial charge in [0.1, 0.15) is 16.9 Å². The van der Waals surface area contributed by atoms with Gasteiger partial charge in [0.15, 0.2) is 0 Å². The highest BCUT2D eigenvalue weighted by Gasteiger charge is 2.19. The molecule has 3 aromatic rings. The van der Waals surface area contributed by atoms with Crippen LogP contribution in [0.1, 0.15) is 6.42 Å². The van der Waals surface area contributed by atoms with Crippen LogP contribution in [0, 0.1) is 0 Å². The summed E-state index contributed by atoms with van der Waals surface area (Å²) in [6, 6.07) is 11.9. The number of methoxy groups -OCH3 is 1. The van der Waals surface area contributed by atoms with Gasteiger partial charge in [-0.25, -0.2) is 0 Å². The number of carbonyl (C=O) groups is 1. The summed E-state index contributed by atoms with van der Waals surface area (Å²) in [4.78, 5) is 12.4. The molecule has 1 amide bonds. The van der Waals surface area contributed by atoms with Gasteiger partial charge in [-0.05, 0) is 12.1 Å². The number of fused-ring (bicyclic) bond motifs is 3. The van der Waals surface area contributed by atoms with Crippen molar-refractivity contribution in [3.05, 3.63) is 36.4 Å². The molecule has 0 aliphatic carbocycles. The van der Waals surface area contributed by atoms with E-state index in [1.807, 2.05) is 48.2 Å². The molecule has 0 spiro atoms. The summed E-state index contributed by atoms with van der Waals surface area (Å²) < 4.78 is 11.4. The van der Waals surface area contributed by atoms with Gasteiger partial charge in [0.2, 0.25) is 5.91 Å². The number of ether oxygens (including phenoxy) is 1. The van der Waals surface area contributed by atoms with Crippen LogP contribution < -0.4 is 15.4 Å². The first-order valence-electron chi connectivity index (χ1n) is 8.35. The molecule has 5 nitrogen and oxygen atoms in total. The molecule has 1 atom stereocenters. The van der Waals surface area contributed by atoms with E-state index in [9.17, 15) is 4.79 Å². The van der Waals surface area contributed by atoms with Crippen LogP contribution >= 0.6 is 11.8 Å². The minimum Gasteiger partial charge on any atom is -0.495 e. The molecule has 0 radical (unpaired) electrons. The number of benzene rings is 2. The molecule has 4 rings (SSSR count). The van der Waals surface area contributed by atoms with Crippen LogP contribution in [0.3, 0.4) is 0 Å². The second-order valence-electron chi connectivity index (χ2n) is 6.13. The zero-order chi connectivity index (χ0) is 17.2. The highest BCUT2D eigenvalue weighted by Crippen LogP contribution is 2.36. The van der Waals surface area contributed by atoms with Crippen LogP contribution in [0.15, 0.2) is 40.8 Å². The number of carbonyl (C=O) groups excluding carboxylic acids is 1. The molecule has 0 bridgehead atoms. The van der Waals surface area contributed by atoms with E-state index in [0.717, 1.165) is 40.0 Å². The Balaban J connectivity index is 1.61. The largest absolute Gasteiger partial charge is 0.495 e. The highest BCUT2D eigenvalue weighted by atomic mass is 32.2. The summed E-state index contributed by atoms with van der Waals surface area (Å²) in [5.41, 5.74) is 2.21. The van der Waals surface area contributed by atoms with Crippen molar-refractivity contribution in [2.24, 2.45) is 0 Å². The third-order valence-corrected chi connectivity index (χ3v) is 5.53. The van der Waals surface area contributed by atoms with Crippen LogP contribution in [0.5, 0.6) is 5.75 Å². The molecule has 25 heavy (non-hydrogen) atoms. The van der Waals surface area contributed by atoms with Crippen molar-refractivity contribution in [1.29, 1.82) is 0 Å². The zero-order valence-corrected chi connectivity index (χ0v) is 14.8. The number of para-hydroxylation sites is 1. The lowest BCUT2D eigenvalue weighted by Crippen LogP contribution is -2.39. The zero-order valence-electron chi connectivity index (χ0n) is 14.0. The van der Waals surface area contributed by atoms with E-state index >= 15 is 0 Å². The standard InChI is InChI=1S/C19H20N2O3S/c1-23-18-9-14-13-4-2-3-5-16(13)24-17(14)10-15(18)21-19(22)8-12-11-25-7-6-20-12/h2-5,9-10,12,20H,6-8,11H2,1H3,(H,21,22). The number of hydrogen-bond acceptors (Lipinski definition) is 5. The van der Waals surface area contributed by atoms with Crippen LogP contribution in [-0.2, 0) is 4.79 Å². The summed E-state index contributed by atoms with van der Waals surface area (Å²) in [5.74, 6) is 2.69. The van der Waals surface area contributed by atoms with Gasteiger partial charge >= 0.3 is 0 Å². The Kier molecular flexibility index (Phi) is 4.55. The Morgan fingerprint density at radius 1 is 1.32 bits per heavy atom. The van der Waals surface area contributed by atoms with Gasteiger partial charge in [0, 0.05) is 47.4 Å². The molecule has 1 aromatic heterocycles. The van der Waals surface area contributed by atoms with E-state index in [2.05, 4.69) is 10.6 Å². The van der Waals surface area contributed by atoms with E-state index in [0.29, 0.717) is 17.9 Å². The molecule has 0 saturated carbocycles. The first kappa shape index (κ1) is 16.3. The van der Waals surface area contributed by atoms with Gasteiger partial charge in [-0.2, -0.15) is 11.8 Å². The molecular weight excluding hydrogens is 336 g/mol. The van der Waals surface area contributed by atoms with E-state index in [-0.39, 0.29) is 11.9 Å². The minimum absolute atomic E-state index is 0.0197. The van der Waals surface area contributed by atoms with Crippen molar-refractivity contribution in [3.63, 3.8) is 0 Å². The number of anilines is 1. The number of nitrogens with one attached hydrogen (secondary N) is 2. The molecule has 1 aliphatic rings. The Morgan fingerprint density at radius 3 is 3.00 bits per heavy atom. The summed E-state index contributed by atoms with van der Waals surface area (Å²) in [6.45, 7) is 0.955. The van der Waals surface area contributed by atoms with Crippen LogP contribution in [0.25, 0.3) is 21.9 Å². The first-order chi connectivity index (χ1) is 12.2. The van der Waals surface area contributed by atoms with Crippen molar-refractivity contribution in [1.82, 2.24) is 5.32 Å². The first-order valence-corrected chi connectivity index (χ1v) is 9.50. The van der Waals surface area contributed by atoms with Gasteiger partial charge in [-0.15, -0.1) is 0 Å². The maximum atomic E-state index is 12.4. The SMILES string of the molecule is COc1cc2c(cc1NC(=O)CC1CSCCN1)oc1ccccc12. The fourth-order valence-electron chi connectivity index (χ4n) is 3.19. The molecule has 2 heterocycles. The Morgan fingerprint density at radius 2 is 2.20 bits per heavy atom. The predicted molar refractivity (Wildman–Crippen MR) is 103 cm³/mol. The number of rotatable bonds is 4. The van der Waals surface area contributed by atoms with Gasteiger partial charge in [0.25, 0.3) is 0 Å². The lowest BCUT2D eigenvalue weighted by atomic mass is 10.1. The average Bonchev–Trinajstić information content (AvgIpc) is 2.99. The summed E-state index contributed by atoms with van der Waals surface area (Å²) in [6.07, 6.45) is 0.453. The number of thioether (sulfide) groups is 1. The molecule has 6 heteroatoms. The topological polar surface area (TPSA) is 63.5 Å². The van der Waals surface area contributed by atoms with Crippen molar-refractivity contribution in [3.8, 4) is 5.75 Å². The van der Waals surface area contributed by atoms with Crippen molar-refractivity contribution in [2.45, 2.75) is 12.5 Å². The minimum atomic E-state index is -0.0197. The molecule has 2 N–H and O–H groups in total. The smallest absolute Gasteiger partial charge is 0.226 e. The molecule has 1 aliphatic heterocycles. The fraction of sp³-hybridized carbons (Fsp3) is 0.316. The molecule has 1 saturated heterocycles. The van der Waals surface area contributed by atoms with Gasteiger partial charge in [-0.1, -0.05) is 18.2 Å². The summed E-state index contributed by atoms with van der Waals surface area (Å²) in [5, 5.41) is 8.37. The lowest BCUT2D eigenvalue weighted by Gasteiger charge is -2.22. The highest BCUT2D eigenvalue weighted by molar-refractivity contribution is 7.99. The third kappa shape index (κ3) is 3.32. The van der Waals surface area contributed by atoms with Crippen LogP contribution in [-0.4, -0.2) is 37.1 Å². The predicted octanol–water partition coefficient (Wildman–Crippen LogP) is 3.63. The van der Waals surface area contributed by atoms with Crippen molar-refractivity contribution in [2.75, 3.05) is 30.5 Å².